The molecule has 106 valence electrons. The third kappa shape index (κ3) is 2.88. The van der Waals surface area contributed by atoms with Crippen molar-refractivity contribution in [3.05, 3.63) is 36.0 Å². The number of likely N-dealkylation sites (N-methyl/N-ethyl adjacent to an activating group) is 1. The van der Waals surface area contributed by atoms with Gasteiger partial charge in [-0.25, -0.2) is 4.39 Å². The molecule has 1 aliphatic rings. The molecule has 0 aliphatic heterocycles. The minimum atomic E-state index is -0.328. The zero-order chi connectivity index (χ0) is 13.9. The molecule has 1 aromatic heterocycles. The fourth-order valence-corrected chi connectivity index (χ4v) is 2.44. The summed E-state index contributed by atoms with van der Waals surface area (Å²) in [4.78, 5) is 4.32. The van der Waals surface area contributed by atoms with Gasteiger partial charge >= 0.3 is 0 Å². The van der Waals surface area contributed by atoms with Gasteiger partial charge in [0.05, 0.1) is 5.56 Å². The van der Waals surface area contributed by atoms with E-state index in [-0.39, 0.29) is 5.82 Å². The number of nitrogens with one attached hydrogen (secondary N) is 1. The summed E-state index contributed by atoms with van der Waals surface area (Å²) in [5, 5.41) is 7.34. The smallest absolute Gasteiger partial charge is 0.228 e. The number of nitrogens with zero attached hydrogens (tertiary/aromatic N) is 2. The maximum absolute atomic E-state index is 13.7. The molecule has 1 saturated carbocycles. The minimum absolute atomic E-state index is 0.323. The van der Waals surface area contributed by atoms with Crippen LogP contribution in [0.4, 0.5) is 4.39 Å². The number of halogens is 1. The van der Waals surface area contributed by atoms with Crippen LogP contribution in [0.1, 0.15) is 25.7 Å². The van der Waals surface area contributed by atoms with Gasteiger partial charge in [-0.05, 0) is 37.4 Å². The van der Waals surface area contributed by atoms with Gasteiger partial charge in [0, 0.05) is 12.5 Å². The lowest BCUT2D eigenvalue weighted by molar-refractivity contribution is 0.348. The van der Waals surface area contributed by atoms with E-state index < -0.39 is 0 Å². The summed E-state index contributed by atoms with van der Waals surface area (Å²) in [6.07, 6.45) is 3.22. The van der Waals surface area contributed by atoms with Crippen LogP contribution in [0.2, 0.25) is 0 Å². The monoisotopic (exact) mass is 275 g/mol. The molecule has 0 bridgehead atoms. The van der Waals surface area contributed by atoms with Crippen LogP contribution in [0.25, 0.3) is 11.4 Å². The second-order valence-corrected chi connectivity index (χ2v) is 5.20. The summed E-state index contributed by atoms with van der Waals surface area (Å²) in [5.74, 6) is 1.27. The number of aromatic nitrogens is 2. The third-order valence-electron chi connectivity index (χ3n) is 3.63. The molecule has 20 heavy (non-hydrogen) atoms. The first-order chi connectivity index (χ1) is 9.78. The van der Waals surface area contributed by atoms with Crippen LogP contribution in [-0.4, -0.2) is 22.7 Å². The van der Waals surface area contributed by atoms with Gasteiger partial charge in [-0.2, -0.15) is 4.98 Å². The van der Waals surface area contributed by atoms with E-state index in [0.29, 0.717) is 35.7 Å². The van der Waals surface area contributed by atoms with Crippen LogP contribution in [0.15, 0.2) is 28.8 Å². The second-order valence-electron chi connectivity index (χ2n) is 5.20. The number of hydrogen-bond donors (Lipinski definition) is 1. The Kier molecular flexibility index (Phi) is 3.78. The molecule has 1 heterocycles. The Morgan fingerprint density at radius 2 is 2.20 bits per heavy atom. The molecule has 1 atom stereocenters. The summed E-state index contributed by atoms with van der Waals surface area (Å²) < 4.78 is 18.9. The Morgan fingerprint density at radius 1 is 1.40 bits per heavy atom. The predicted molar refractivity (Wildman–Crippen MR) is 73.6 cm³/mol. The standard InChI is InChI=1S/C15H18FN3O/c1-2-17-13(10-7-8-10)9-14-18-15(19-20-14)11-5-3-4-6-12(11)16/h3-6,10,13,17H,2,7-9H2,1H3. The van der Waals surface area contributed by atoms with Crippen molar-refractivity contribution < 1.29 is 8.91 Å². The molecular formula is C15H18FN3O. The predicted octanol–water partition coefficient (Wildman–Crippen LogP) is 2.81. The molecule has 2 aromatic rings. The Morgan fingerprint density at radius 3 is 2.90 bits per heavy atom. The molecule has 3 rings (SSSR count). The van der Waals surface area contributed by atoms with Crippen LogP contribution in [0.3, 0.4) is 0 Å². The van der Waals surface area contributed by atoms with Gasteiger partial charge in [-0.3, -0.25) is 0 Å². The largest absolute Gasteiger partial charge is 0.339 e. The SMILES string of the molecule is CCNC(Cc1nc(-c2ccccc2F)no1)C1CC1. The zero-order valence-corrected chi connectivity index (χ0v) is 11.5. The zero-order valence-electron chi connectivity index (χ0n) is 11.5. The van der Waals surface area contributed by atoms with E-state index in [4.69, 9.17) is 4.52 Å². The first kappa shape index (κ1) is 13.2. The van der Waals surface area contributed by atoms with E-state index >= 15 is 0 Å². The summed E-state index contributed by atoms with van der Waals surface area (Å²) in [7, 11) is 0. The first-order valence-corrected chi connectivity index (χ1v) is 7.08. The van der Waals surface area contributed by atoms with Crippen molar-refractivity contribution in [1.82, 2.24) is 15.5 Å². The van der Waals surface area contributed by atoms with Gasteiger partial charge in [0.1, 0.15) is 5.82 Å². The van der Waals surface area contributed by atoms with E-state index in [9.17, 15) is 4.39 Å². The Balaban J connectivity index is 1.75. The lowest BCUT2D eigenvalue weighted by atomic mass is 10.1. The number of benzene rings is 1. The van der Waals surface area contributed by atoms with Crippen molar-refractivity contribution in [2.75, 3.05) is 6.54 Å². The van der Waals surface area contributed by atoms with Gasteiger partial charge in [0.2, 0.25) is 11.7 Å². The number of rotatable bonds is 6. The van der Waals surface area contributed by atoms with Gasteiger partial charge in [0.15, 0.2) is 0 Å². The van der Waals surface area contributed by atoms with Crippen LogP contribution < -0.4 is 5.32 Å². The molecule has 1 aromatic carbocycles. The average molecular weight is 275 g/mol. The van der Waals surface area contributed by atoms with Crippen LogP contribution >= 0.6 is 0 Å². The van der Waals surface area contributed by atoms with Crippen molar-refractivity contribution in [1.29, 1.82) is 0 Å². The highest BCUT2D eigenvalue weighted by atomic mass is 19.1. The van der Waals surface area contributed by atoms with Crippen molar-refractivity contribution >= 4 is 0 Å². The molecule has 0 spiro atoms. The maximum Gasteiger partial charge on any atom is 0.228 e. The normalized spacial score (nSPS) is 16.3. The molecule has 1 N–H and O–H groups in total. The van der Waals surface area contributed by atoms with Gasteiger partial charge in [-0.1, -0.05) is 24.2 Å². The van der Waals surface area contributed by atoms with Crippen molar-refractivity contribution in [3.63, 3.8) is 0 Å². The van der Waals surface area contributed by atoms with Crippen molar-refractivity contribution in [3.8, 4) is 11.4 Å². The highest BCUT2D eigenvalue weighted by Crippen LogP contribution is 2.34. The Bertz CT molecular complexity index is 580. The van der Waals surface area contributed by atoms with E-state index in [1.165, 1.54) is 18.9 Å². The van der Waals surface area contributed by atoms with E-state index in [1.807, 2.05) is 0 Å². The average Bonchev–Trinajstić information content (AvgIpc) is 3.20. The molecular weight excluding hydrogens is 257 g/mol. The van der Waals surface area contributed by atoms with Crippen LogP contribution in [0, 0.1) is 11.7 Å². The summed E-state index contributed by atoms with van der Waals surface area (Å²) in [5.41, 5.74) is 0.383. The van der Waals surface area contributed by atoms with Crippen LogP contribution in [0.5, 0.6) is 0 Å². The third-order valence-corrected chi connectivity index (χ3v) is 3.63. The molecule has 5 heteroatoms. The van der Waals surface area contributed by atoms with Crippen LogP contribution in [-0.2, 0) is 6.42 Å². The highest BCUT2D eigenvalue weighted by molar-refractivity contribution is 5.54. The van der Waals surface area contributed by atoms with E-state index in [0.717, 1.165) is 6.54 Å². The van der Waals surface area contributed by atoms with Crippen molar-refractivity contribution in [2.24, 2.45) is 5.92 Å². The second kappa shape index (κ2) is 5.71. The summed E-state index contributed by atoms with van der Waals surface area (Å²) >= 11 is 0. The number of hydrogen-bond acceptors (Lipinski definition) is 4. The molecule has 0 saturated heterocycles. The minimum Gasteiger partial charge on any atom is -0.339 e. The van der Waals surface area contributed by atoms with E-state index in [1.54, 1.807) is 18.2 Å². The molecule has 1 aliphatic carbocycles. The fourth-order valence-electron chi connectivity index (χ4n) is 2.44. The molecule has 4 nitrogen and oxygen atoms in total. The lowest BCUT2D eigenvalue weighted by Gasteiger charge is -2.14. The lowest BCUT2D eigenvalue weighted by Crippen LogP contribution is -2.33. The summed E-state index contributed by atoms with van der Waals surface area (Å²) in [6.45, 7) is 3.02. The van der Waals surface area contributed by atoms with Gasteiger partial charge in [-0.15, -0.1) is 0 Å². The van der Waals surface area contributed by atoms with Gasteiger partial charge < -0.3 is 9.84 Å². The topological polar surface area (TPSA) is 51.0 Å². The Hall–Kier alpha value is -1.75. The maximum atomic E-state index is 13.7. The van der Waals surface area contributed by atoms with Crippen molar-refractivity contribution in [2.45, 2.75) is 32.2 Å². The highest BCUT2D eigenvalue weighted by Gasteiger charge is 2.32. The molecule has 1 unspecified atom stereocenters. The van der Waals surface area contributed by atoms with E-state index in [2.05, 4.69) is 22.4 Å². The quantitative estimate of drug-likeness (QED) is 0.880. The molecule has 1 fully saturated rings. The fraction of sp³-hybridized carbons (Fsp3) is 0.467. The van der Waals surface area contributed by atoms with Gasteiger partial charge in [0.25, 0.3) is 0 Å². The first-order valence-electron chi connectivity index (χ1n) is 7.08. The Labute approximate surface area is 117 Å². The molecule has 0 amide bonds. The molecule has 0 radical (unpaired) electrons. The summed E-state index contributed by atoms with van der Waals surface area (Å²) in [6, 6.07) is 6.85.